The maximum Gasteiger partial charge on any atom is 0.160 e. The number of carbonyl (C=O) groups is 1. The fraction of sp³-hybridized carbons (Fsp3) is 0.500. The minimum Gasteiger partial charge on any atom is -0.297 e. The van der Waals surface area contributed by atoms with Gasteiger partial charge < -0.3 is 0 Å². The van der Waals surface area contributed by atoms with E-state index in [4.69, 9.17) is 11.6 Å². The SMILES string of the molecule is CCC1(C(=O)C(C#N)c2cccc(Cl)c2)CCCC1. The summed E-state index contributed by atoms with van der Waals surface area (Å²) in [5.74, 6) is -0.603. The number of nitriles is 1. The first-order chi connectivity index (χ1) is 9.13. The largest absolute Gasteiger partial charge is 0.297 e. The second-order valence-corrected chi connectivity index (χ2v) is 5.76. The van der Waals surface area contributed by atoms with Gasteiger partial charge in [0.2, 0.25) is 0 Å². The summed E-state index contributed by atoms with van der Waals surface area (Å²) in [6.45, 7) is 2.05. The van der Waals surface area contributed by atoms with E-state index >= 15 is 0 Å². The molecule has 0 amide bonds. The quantitative estimate of drug-likeness (QED) is 0.812. The van der Waals surface area contributed by atoms with Crippen LogP contribution in [0.3, 0.4) is 0 Å². The predicted octanol–water partition coefficient (Wildman–Crippen LogP) is 4.49. The number of halogens is 1. The Balaban J connectivity index is 2.32. The molecule has 0 radical (unpaired) electrons. The van der Waals surface area contributed by atoms with Crippen molar-refractivity contribution in [2.45, 2.75) is 44.9 Å². The number of nitrogens with zero attached hydrogens (tertiary/aromatic N) is 1. The van der Waals surface area contributed by atoms with Crippen LogP contribution in [-0.4, -0.2) is 5.78 Å². The lowest BCUT2D eigenvalue weighted by Crippen LogP contribution is -2.31. The highest BCUT2D eigenvalue weighted by molar-refractivity contribution is 6.30. The maximum absolute atomic E-state index is 12.8. The summed E-state index contributed by atoms with van der Waals surface area (Å²) in [6.07, 6.45) is 4.84. The molecule has 19 heavy (non-hydrogen) atoms. The summed E-state index contributed by atoms with van der Waals surface area (Å²) in [7, 11) is 0. The van der Waals surface area contributed by atoms with Gasteiger partial charge in [0.05, 0.1) is 6.07 Å². The first-order valence-corrected chi connectivity index (χ1v) is 7.20. The van der Waals surface area contributed by atoms with E-state index in [1.165, 1.54) is 0 Å². The molecule has 1 aromatic carbocycles. The lowest BCUT2D eigenvalue weighted by atomic mass is 9.73. The van der Waals surface area contributed by atoms with E-state index < -0.39 is 5.92 Å². The van der Waals surface area contributed by atoms with Crippen molar-refractivity contribution in [2.75, 3.05) is 0 Å². The molecule has 0 aromatic heterocycles. The van der Waals surface area contributed by atoms with E-state index in [-0.39, 0.29) is 11.2 Å². The van der Waals surface area contributed by atoms with Gasteiger partial charge in [0.25, 0.3) is 0 Å². The standard InChI is InChI=1S/C16H18ClNO/c1-2-16(8-3-4-9-16)15(19)14(11-18)12-6-5-7-13(17)10-12/h5-7,10,14H,2-4,8-9H2,1H3. The predicted molar refractivity (Wildman–Crippen MR) is 76.0 cm³/mol. The van der Waals surface area contributed by atoms with Crippen LogP contribution in [-0.2, 0) is 4.79 Å². The maximum atomic E-state index is 12.8. The third-order valence-electron chi connectivity index (χ3n) is 4.33. The molecule has 1 aromatic rings. The Hall–Kier alpha value is -1.33. The number of hydrogen-bond donors (Lipinski definition) is 0. The average molecular weight is 276 g/mol. The molecular formula is C16H18ClNO. The van der Waals surface area contributed by atoms with Crippen molar-refractivity contribution in [3.05, 3.63) is 34.9 Å². The molecule has 100 valence electrons. The number of hydrogen-bond acceptors (Lipinski definition) is 2. The summed E-state index contributed by atoms with van der Waals surface area (Å²) in [6, 6.07) is 9.27. The summed E-state index contributed by atoms with van der Waals surface area (Å²) in [5, 5.41) is 9.97. The molecule has 2 rings (SSSR count). The Kier molecular flexibility index (Phi) is 4.27. The van der Waals surface area contributed by atoms with Crippen LogP contribution in [0.25, 0.3) is 0 Å². The van der Waals surface area contributed by atoms with E-state index in [0.717, 1.165) is 37.7 Å². The zero-order valence-corrected chi connectivity index (χ0v) is 11.9. The van der Waals surface area contributed by atoms with Crippen molar-refractivity contribution in [1.29, 1.82) is 5.26 Å². The van der Waals surface area contributed by atoms with Crippen molar-refractivity contribution in [3.63, 3.8) is 0 Å². The van der Waals surface area contributed by atoms with Crippen molar-refractivity contribution >= 4 is 17.4 Å². The third-order valence-corrected chi connectivity index (χ3v) is 4.57. The number of ketones is 1. The van der Waals surface area contributed by atoms with E-state index in [1.54, 1.807) is 18.2 Å². The van der Waals surface area contributed by atoms with Crippen molar-refractivity contribution in [1.82, 2.24) is 0 Å². The number of Topliss-reactive ketones (excluding diaryl/α,β-unsaturated/α-hetero) is 1. The minimum atomic E-state index is -0.684. The molecule has 1 unspecified atom stereocenters. The van der Waals surface area contributed by atoms with Gasteiger partial charge in [0.15, 0.2) is 5.78 Å². The van der Waals surface area contributed by atoms with Crippen LogP contribution < -0.4 is 0 Å². The zero-order valence-electron chi connectivity index (χ0n) is 11.2. The van der Waals surface area contributed by atoms with E-state index in [1.807, 2.05) is 6.07 Å². The fourth-order valence-electron chi connectivity index (χ4n) is 3.10. The summed E-state index contributed by atoms with van der Waals surface area (Å²) >= 11 is 5.96. The molecule has 0 N–H and O–H groups in total. The molecule has 0 saturated heterocycles. The Morgan fingerprint density at radius 3 is 2.68 bits per heavy atom. The second-order valence-electron chi connectivity index (χ2n) is 5.32. The van der Waals surface area contributed by atoms with Gasteiger partial charge in [-0.25, -0.2) is 0 Å². The number of rotatable bonds is 4. The molecular weight excluding hydrogens is 258 g/mol. The summed E-state index contributed by atoms with van der Waals surface area (Å²) < 4.78 is 0. The van der Waals surface area contributed by atoms with Crippen LogP contribution in [0.1, 0.15) is 50.5 Å². The monoisotopic (exact) mass is 275 g/mol. The van der Waals surface area contributed by atoms with Crippen LogP contribution in [0.2, 0.25) is 5.02 Å². The minimum absolute atomic E-state index is 0.0808. The van der Waals surface area contributed by atoms with Crippen LogP contribution in [0.5, 0.6) is 0 Å². The Morgan fingerprint density at radius 2 is 2.16 bits per heavy atom. The van der Waals surface area contributed by atoms with Gasteiger partial charge >= 0.3 is 0 Å². The van der Waals surface area contributed by atoms with Crippen LogP contribution in [0.4, 0.5) is 0 Å². The highest BCUT2D eigenvalue weighted by Crippen LogP contribution is 2.45. The Bertz CT molecular complexity index is 512. The van der Waals surface area contributed by atoms with Crippen molar-refractivity contribution < 1.29 is 4.79 Å². The Labute approximate surface area is 119 Å². The molecule has 2 nitrogen and oxygen atoms in total. The van der Waals surface area contributed by atoms with Gasteiger partial charge in [0.1, 0.15) is 5.92 Å². The first-order valence-electron chi connectivity index (χ1n) is 6.82. The molecule has 1 saturated carbocycles. The molecule has 1 fully saturated rings. The average Bonchev–Trinajstić information content (AvgIpc) is 2.89. The van der Waals surface area contributed by atoms with Gasteiger partial charge in [-0.05, 0) is 37.0 Å². The van der Waals surface area contributed by atoms with Crippen molar-refractivity contribution in [2.24, 2.45) is 5.41 Å². The van der Waals surface area contributed by atoms with Crippen LogP contribution in [0.15, 0.2) is 24.3 Å². The van der Waals surface area contributed by atoms with Gasteiger partial charge in [-0.3, -0.25) is 4.79 Å². The second kappa shape index (κ2) is 5.75. The van der Waals surface area contributed by atoms with E-state index in [2.05, 4.69) is 13.0 Å². The third kappa shape index (κ3) is 2.67. The van der Waals surface area contributed by atoms with E-state index in [0.29, 0.717) is 5.02 Å². The summed E-state index contributed by atoms with van der Waals surface area (Å²) in [5.41, 5.74) is 0.433. The van der Waals surface area contributed by atoms with Gasteiger partial charge in [0, 0.05) is 10.4 Å². The van der Waals surface area contributed by atoms with Gasteiger partial charge in [-0.2, -0.15) is 5.26 Å². The lowest BCUT2D eigenvalue weighted by molar-refractivity contribution is -0.129. The smallest absolute Gasteiger partial charge is 0.160 e. The molecule has 3 heteroatoms. The van der Waals surface area contributed by atoms with Crippen LogP contribution >= 0.6 is 11.6 Å². The zero-order chi connectivity index (χ0) is 13.9. The molecule has 1 atom stereocenters. The molecule has 0 heterocycles. The topological polar surface area (TPSA) is 40.9 Å². The fourth-order valence-corrected chi connectivity index (χ4v) is 3.30. The molecule has 0 bridgehead atoms. The number of benzene rings is 1. The molecule has 1 aliphatic rings. The molecule has 0 aliphatic heterocycles. The highest BCUT2D eigenvalue weighted by Gasteiger charge is 2.43. The van der Waals surface area contributed by atoms with E-state index in [9.17, 15) is 10.1 Å². The summed E-state index contributed by atoms with van der Waals surface area (Å²) in [4.78, 5) is 12.8. The number of carbonyl (C=O) groups excluding carboxylic acids is 1. The first kappa shape index (κ1) is 14.1. The van der Waals surface area contributed by atoms with Gasteiger partial charge in [-0.15, -0.1) is 0 Å². The molecule has 0 spiro atoms. The van der Waals surface area contributed by atoms with Crippen LogP contribution in [0, 0.1) is 16.7 Å². The molecule has 1 aliphatic carbocycles. The Morgan fingerprint density at radius 1 is 1.47 bits per heavy atom. The van der Waals surface area contributed by atoms with Gasteiger partial charge in [-0.1, -0.05) is 43.5 Å². The lowest BCUT2D eigenvalue weighted by Gasteiger charge is -2.28. The normalized spacial score (nSPS) is 18.8. The highest BCUT2D eigenvalue weighted by atomic mass is 35.5. The van der Waals surface area contributed by atoms with Crippen molar-refractivity contribution in [3.8, 4) is 6.07 Å².